The Morgan fingerprint density at radius 1 is 0.961 bits per heavy atom. The van der Waals surface area contributed by atoms with Crippen LogP contribution in [0.1, 0.15) is 72.3 Å². The molecule has 4 N–H and O–H groups in total. The number of sulfone groups is 1. The minimum Gasteiger partial charge on any atom is -0.484 e. The van der Waals surface area contributed by atoms with Crippen molar-refractivity contribution in [3.05, 3.63) is 66.0 Å². The van der Waals surface area contributed by atoms with Crippen LogP contribution >= 0.6 is 0 Å². The second-order valence-corrected chi connectivity index (χ2v) is 18.3. The Hall–Kier alpha value is -3.55. The minimum absolute atomic E-state index is 0.0945. The molecular weight excluding hydrogens is 676 g/mol. The lowest BCUT2D eigenvalue weighted by Crippen LogP contribution is -2.64. The molecule has 0 spiro atoms. The lowest BCUT2D eigenvalue weighted by Gasteiger charge is -2.47. The Balaban J connectivity index is 1.58. The van der Waals surface area contributed by atoms with E-state index in [1.807, 2.05) is 56.0 Å². The molecular formula is C38H55FN4O7S. The van der Waals surface area contributed by atoms with E-state index in [2.05, 4.69) is 16.0 Å². The molecule has 1 saturated carbocycles. The van der Waals surface area contributed by atoms with Gasteiger partial charge in [0.1, 0.15) is 17.6 Å². The third-order valence-corrected chi connectivity index (χ3v) is 12.4. The number of benzene rings is 2. The molecule has 2 aromatic rings. The van der Waals surface area contributed by atoms with Gasteiger partial charge in [-0.3, -0.25) is 19.3 Å². The molecule has 13 heteroatoms. The molecule has 1 aliphatic heterocycles. The average molecular weight is 731 g/mol. The van der Waals surface area contributed by atoms with Crippen LogP contribution in [0.4, 0.5) is 4.39 Å². The first-order chi connectivity index (χ1) is 23.8. The first-order valence-corrected chi connectivity index (χ1v) is 19.7. The number of hydrogen-bond acceptors (Lipinski definition) is 8. The fraction of sp³-hybridized carbons (Fsp3) is 0.605. The van der Waals surface area contributed by atoms with Gasteiger partial charge in [0.2, 0.25) is 11.8 Å². The van der Waals surface area contributed by atoms with E-state index in [4.69, 9.17) is 4.74 Å². The van der Waals surface area contributed by atoms with Crippen LogP contribution in [-0.4, -0.2) is 96.6 Å². The summed E-state index contributed by atoms with van der Waals surface area (Å²) >= 11 is 0. The standard InChI is InChI=1S/C38H55FN4O7S/c1-37(2,3)42-35(46)31-21-26-14-10-11-15-27(26)22-43(31)23-32(44)30(20-25-12-8-7-9-13-25)40-36(47)34(38(4,5)51(6,48)49)41-33(45)24-50-29-18-16-28(39)17-19-29/h7-9,12-13,16-19,26-27,30-32,34,44H,10-11,14-15,20-24H2,1-6H3,(H,40,47)(H,41,45)(H,42,46)/t26-,27+,30?,31?,32?,34+/m0/s1. The van der Waals surface area contributed by atoms with Gasteiger partial charge in [0.15, 0.2) is 16.4 Å². The van der Waals surface area contributed by atoms with E-state index in [0.29, 0.717) is 24.8 Å². The molecule has 51 heavy (non-hydrogen) atoms. The number of piperidine rings is 1. The topological polar surface area (TPSA) is 154 Å². The van der Waals surface area contributed by atoms with Crippen LogP contribution < -0.4 is 20.7 Å². The maximum Gasteiger partial charge on any atom is 0.258 e. The molecule has 1 heterocycles. The molecule has 3 unspecified atom stereocenters. The van der Waals surface area contributed by atoms with E-state index < -0.39 is 68.6 Å². The van der Waals surface area contributed by atoms with Crippen LogP contribution in [0.2, 0.25) is 0 Å². The molecule has 4 rings (SSSR count). The van der Waals surface area contributed by atoms with Crippen LogP contribution in [0.25, 0.3) is 0 Å². The van der Waals surface area contributed by atoms with Gasteiger partial charge in [-0.2, -0.15) is 0 Å². The molecule has 1 saturated heterocycles. The first-order valence-electron chi connectivity index (χ1n) is 17.8. The molecule has 2 aliphatic rings. The van der Waals surface area contributed by atoms with E-state index in [0.717, 1.165) is 37.5 Å². The Bertz CT molecular complexity index is 1600. The molecule has 2 fully saturated rings. The molecule has 11 nitrogen and oxygen atoms in total. The highest BCUT2D eigenvalue weighted by molar-refractivity contribution is 7.92. The van der Waals surface area contributed by atoms with E-state index >= 15 is 0 Å². The molecule has 0 aromatic heterocycles. The molecule has 1 aliphatic carbocycles. The third kappa shape index (κ3) is 11.2. The number of halogens is 1. The second kappa shape index (κ2) is 16.9. The summed E-state index contributed by atoms with van der Waals surface area (Å²) in [5, 5.41) is 20.5. The lowest BCUT2D eigenvalue weighted by atomic mass is 9.72. The number of aliphatic hydroxyl groups is 1. The zero-order valence-electron chi connectivity index (χ0n) is 30.7. The molecule has 3 amide bonds. The predicted octanol–water partition coefficient (Wildman–Crippen LogP) is 3.40. The van der Waals surface area contributed by atoms with Crippen molar-refractivity contribution < 1.29 is 37.0 Å². The second-order valence-electron chi connectivity index (χ2n) is 15.7. The number of hydrogen-bond donors (Lipinski definition) is 4. The fourth-order valence-corrected chi connectivity index (χ4v) is 7.66. The number of β-amino-alcohol motifs (C(OH)–C–C–N with tert-alkyl or cyclic N) is 1. The third-order valence-electron chi connectivity index (χ3n) is 10.2. The number of amides is 3. The fourth-order valence-electron chi connectivity index (χ4n) is 7.06. The van der Waals surface area contributed by atoms with Gasteiger partial charge in [-0.1, -0.05) is 49.6 Å². The van der Waals surface area contributed by atoms with Crippen molar-refractivity contribution in [1.29, 1.82) is 0 Å². The molecule has 0 radical (unpaired) electrons. The Labute approximate surface area is 302 Å². The summed E-state index contributed by atoms with van der Waals surface area (Å²) < 4.78 is 43.0. The monoisotopic (exact) mass is 730 g/mol. The number of fused-ring (bicyclic) bond motifs is 1. The quantitative estimate of drug-likeness (QED) is 0.231. The van der Waals surface area contributed by atoms with Gasteiger partial charge < -0.3 is 25.8 Å². The van der Waals surface area contributed by atoms with Gasteiger partial charge in [-0.05, 0) is 95.5 Å². The van der Waals surface area contributed by atoms with Crippen molar-refractivity contribution in [3.8, 4) is 5.75 Å². The molecule has 0 bridgehead atoms. The van der Waals surface area contributed by atoms with Gasteiger partial charge in [0.05, 0.1) is 22.9 Å². The Morgan fingerprint density at radius 3 is 2.20 bits per heavy atom. The van der Waals surface area contributed by atoms with E-state index in [-0.39, 0.29) is 24.6 Å². The number of rotatable bonds is 14. The molecule has 2 aromatic carbocycles. The summed E-state index contributed by atoms with van der Waals surface area (Å²) in [6.07, 6.45) is 5.13. The largest absolute Gasteiger partial charge is 0.484 e. The maximum absolute atomic E-state index is 14.1. The SMILES string of the molecule is CC(C)(C)NC(=O)C1C[C@@H]2CCCC[C@@H]2CN1CC(O)C(Cc1ccccc1)NC(=O)[C@@H](NC(=O)COc1ccc(F)cc1)C(C)(C)S(C)(=O)=O. The minimum atomic E-state index is -3.92. The van der Waals surface area contributed by atoms with Gasteiger partial charge in [0, 0.05) is 24.9 Å². The lowest BCUT2D eigenvalue weighted by molar-refractivity contribution is -0.133. The smallest absolute Gasteiger partial charge is 0.258 e. The first kappa shape index (κ1) is 40.2. The van der Waals surface area contributed by atoms with Crippen molar-refractivity contribution in [1.82, 2.24) is 20.9 Å². The van der Waals surface area contributed by atoms with Crippen LogP contribution in [0, 0.1) is 17.7 Å². The molecule has 282 valence electrons. The highest BCUT2D eigenvalue weighted by Crippen LogP contribution is 2.39. The van der Waals surface area contributed by atoms with Gasteiger partial charge in [0.25, 0.3) is 5.91 Å². The van der Waals surface area contributed by atoms with E-state index in [9.17, 15) is 32.3 Å². The van der Waals surface area contributed by atoms with Crippen molar-refractivity contribution in [3.63, 3.8) is 0 Å². The van der Waals surface area contributed by atoms with Crippen molar-refractivity contribution in [2.24, 2.45) is 11.8 Å². The summed E-state index contributed by atoms with van der Waals surface area (Å²) in [7, 11) is -3.92. The van der Waals surface area contributed by atoms with Crippen LogP contribution in [0.15, 0.2) is 54.6 Å². The number of carbonyl (C=O) groups excluding carboxylic acids is 3. The molecule has 6 atom stereocenters. The summed E-state index contributed by atoms with van der Waals surface area (Å²) in [5.41, 5.74) is 0.385. The van der Waals surface area contributed by atoms with Crippen LogP contribution in [-0.2, 0) is 30.6 Å². The number of ether oxygens (including phenoxy) is 1. The zero-order valence-corrected chi connectivity index (χ0v) is 31.5. The van der Waals surface area contributed by atoms with Gasteiger partial charge >= 0.3 is 0 Å². The summed E-state index contributed by atoms with van der Waals surface area (Å²) in [6, 6.07) is 11.4. The van der Waals surface area contributed by atoms with E-state index in [1.165, 1.54) is 38.1 Å². The highest BCUT2D eigenvalue weighted by atomic mass is 32.2. The summed E-state index contributed by atoms with van der Waals surface area (Å²) in [4.78, 5) is 42.9. The van der Waals surface area contributed by atoms with Crippen molar-refractivity contribution in [2.45, 2.75) is 108 Å². The number of nitrogens with zero attached hydrogens (tertiary/aromatic N) is 1. The van der Waals surface area contributed by atoms with E-state index in [1.54, 1.807) is 0 Å². The number of carbonyl (C=O) groups is 3. The van der Waals surface area contributed by atoms with Crippen LogP contribution in [0.3, 0.4) is 0 Å². The van der Waals surface area contributed by atoms with Gasteiger partial charge in [-0.15, -0.1) is 0 Å². The normalized spacial score (nSPS) is 21.8. The van der Waals surface area contributed by atoms with Crippen LogP contribution in [0.5, 0.6) is 5.75 Å². The maximum atomic E-state index is 14.1. The highest BCUT2D eigenvalue weighted by Gasteiger charge is 2.46. The predicted molar refractivity (Wildman–Crippen MR) is 194 cm³/mol. The van der Waals surface area contributed by atoms with Crippen molar-refractivity contribution in [2.75, 3.05) is 26.0 Å². The number of nitrogens with one attached hydrogen (secondary N) is 3. The number of aliphatic hydroxyl groups excluding tert-OH is 1. The summed E-state index contributed by atoms with van der Waals surface area (Å²) in [5.74, 6) is -1.09. The van der Waals surface area contributed by atoms with Gasteiger partial charge in [-0.25, -0.2) is 12.8 Å². The average Bonchev–Trinajstić information content (AvgIpc) is 3.05. The Kier molecular flexibility index (Phi) is 13.3. The Morgan fingerprint density at radius 2 is 1.59 bits per heavy atom. The summed E-state index contributed by atoms with van der Waals surface area (Å²) in [6.45, 7) is 8.69. The number of likely N-dealkylation sites (tertiary alicyclic amines) is 1. The zero-order chi connectivity index (χ0) is 37.6. The van der Waals surface area contributed by atoms with Crippen molar-refractivity contribution >= 4 is 27.6 Å².